The molecule has 2 aromatic rings. The summed E-state index contributed by atoms with van der Waals surface area (Å²) in [4.78, 5) is 11.7. The summed E-state index contributed by atoms with van der Waals surface area (Å²) < 4.78 is 45.7. The maximum Gasteiger partial charge on any atom is 0.261 e. The molecule has 1 amide bonds. The van der Waals surface area contributed by atoms with Crippen LogP contribution in [-0.4, -0.2) is 32.1 Å². The third-order valence-electron chi connectivity index (χ3n) is 3.85. The molecule has 0 spiro atoms. The van der Waals surface area contributed by atoms with E-state index in [1.165, 1.54) is 54.0 Å². The van der Waals surface area contributed by atoms with Crippen LogP contribution in [0.3, 0.4) is 0 Å². The minimum atomic E-state index is -4.01. The Morgan fingerprint density at radius 3 is 2.18 bits per heavy atom. The molecule has 0 aliphatic rings. The molecule has 0 saturated heterocycles. The standard InChI is InChI=1S/C18H22FN3O5S/c19-13-4-6-14(7-5-13)27-15-8-10-16(11-9-15)28(25,26)22-17(18(23)21-24)3-1-2-12-20/h4-11,17,22,24H,1-3,12,20H2,(H,21,23)/t17-/m1/s1. The number of rotatable bonds is 10. The topological polar surface area (TPSA) is 131 Å². The van der Waals surface area contributed by atoms with Gasteiger partial charge in [-0.2, -0.15) is 4.72 Å². The van der Waals surface area contributed by atoms with Crippen molar-refractivity contribution in [3.8, 4) is 11.5 Å². The number of carbonyl (C=O) groups is 1. The predicted molar refractivity (Wildman–Crippen MR) is 99.9 cm³/mol. The fourth-order valence-electron chi connectivity index (χ4n) is 2.40. The molecule has 0 saturated carbocycles. The van der Waals surface area contributed by atoms with Gasteiger partial charge in [0.15, 0.2) is 0 Å². The van der Waals surface area contributed by atoms with E-state index in [0.717, 1.165) is 0 Å². The SMILES string of the molecule is NCCCC[C@@H](NS(=O)(=O)c1ccc(Oc2ccc(F)cc2)cc1)C(=O)NO. The first-order valence-corrected chi connectivity index (χ1v) is 10.0. The summed E-state index contributed by atoms with van der Waals surface area (Å²) in [5.74, 6) is -0.488. The van der Waals surface area contributed by atoms with Gasteiger partial charge in [-0.3, -0.25) is 10.0 Å². The van der Waals surface area contributed by atoms with Crippen molar-refractivity contribution in [2.24, 2.45) is 5.73 Å². The van der Waals surface area contributed by atoms with Crippen LogP contribution in [0.5, 0.6) is 11.5 Å². The second-order valence-electron chi connectivity index (χ2n) is 5.96. The van der Waals surface area contributed by atoms with E-state index in [1.54, 1.807) is 0 Å². The lowest BCUT2D eigenvalue weighted by Gasteiger charge is -2.17. The number of hydrogen-bond acceptors (Lipinski definition) is 6. The van der Waals surface area contributed by atoms with E-state index in [9.17, 15) is 17.6 Å². The first-order valence-electron chi connectivity index (χ1n) is 8.55. The summed E-state index contributed by atoms with van der Waals surface area (Å²) in [6.07, 6.45) is 1.32. The molecule has 0 bridgehead atoms. The normalized spacial score (nSPS) is 12.4. The highest BCUT2D eigenvalue weighted by atomic mass is 32.2. The van der Waals surface area contributed by atoms with Crippen LogP contribution in [0.4, 0.5) is 4.39 Å². The van der Waals surface area contributed by atoms with Crippen LogP contribution in [0.15, 0.2) is 53.4 Å². The van der Waals surface area contributed by atoms with E-state index < -0.39 is 27.8 Å². The van der Waals surface area contributed by atoms with Crippen molar-refractivity contribution < 1.29 is 27.5 Å². The first-order chi connectivity index (χ1) is 13.4. The number of halogens is 1. The van der Waals surface area contributed by atoms with E-state index in [1.807, 2.05) is 0 Å². The molecule has 0 aliphatic heterocycles. The third-order valence-corrected chi connectivity index (χ3v) is 5.34. The van der Waals surface area contributed by atoms with Gasteiger partial charge in [0.25, 0.3) is 5.91 Å². The van der Waals surface area contributed by atoms with E-state index in [4.69, 9.17) is 15.7 Å². The molecule has 1 atom stereocenters. The molecule has 0 radical (unpaired) electrons. The number of carbonyl (C=O) groups excluding carboxylic acids is 1. The van der Waals surface area contributed by atoms with Crippen molar-refractivity contribution in [1.82, 2.24) is 10.2 Å². The molecule has 5 N–H and O–H groups in total. The maximum atomic E-state index is 12.9. The van der Waals surface area contributed by atoms with Crippen LogP contribution >= 0.6 is 0 Å². The molecule has 0 heterocycles. The average Bonchev–Trinajstić information content (AvgIpc) is 2.69. The summed E-state index contributed by atoms with van der Waals surface area (Å²) >= 11 is 0. The van der Waals surface area contributed by atoms with Crippen LogP contribution in [-0.2, 0) is 14.8 Å². The van der Waals surface area contributed by atoms with E-state index in [-0.39, 0.29) is 11.3 Å². The monoisotopic (exact) mass is 411 g/mol. The number of unbranched alkanes of at least 4 members (excludes halogenated alkanes) is 1. The molecule has 10 heteroatoms. The summed E-state index contributed by atoms with van der Waals surface area (Å²) in [6.45, 7) is 0.412. The first kappa shape index (κ1) is 21.8. The highest BCUT2D eigenvalue weighted by Crippen LogP contribution is 2.23. The Kier molecular flexibility index (Phi) is 7.88. The molecule has 2 aromatic carbocycles. The van der Waals surface area contributed by atoms with Crippen LogP contribution in [0.2, 0.25) is 0 Å². The van der Waals surface area contributed by atoms with Crippen molar-refractivity contribution in [2.45, 2.75) is 30.2 Å². The van der Waals surface area contributed by atoms with Crippen molar-refractivity contribution in [1.29, 1.82) is 0 Å². The van der Waals surface area contributed by atoms with E-state index in [2.05, 4.69) is 4.72 Å². The zero-order valence-corrected chi connectivity index (χ0v) is 15.8. The van der Waals surface area contributed by atoms with Crippen molar-refractivity contribution >= 4 is 15.9 Å². The average molecular weight is 411 g/mol. The van der Waals surface area contributed by atoms with Gasteiger partial charge in [-0.15, -0.1) is 0 Å². The van der Waals surface area contributed by atoms with Crippen LogP contribution in [0.1, 0.15) is 19.3 Å². The molecular weight excluding hydrogens is 389 g/mol. The smallest absolute Gasteiger partial charge is 0.261 e. The number of hydroxylamine groups is 1. The minimum absolute atomic E-state index is 0.0754. The van der Waals surface area contributed by atoms with Gasteiger partial charge in [0, 0.05) is 0 Å². The summed E-state index contributed by atoms with van der Waals surface area (Å²) in [5.41, 5.74) is 6.86. The molecule has 0 aromatic heterocycles. The molecular formula is C18H22FN3O5S. The number of amides is 1. The fourth-order valence-corrected chi connectivity index (χ4v) is 3.63. The Labute approximate surface area is 162 Å². The number of hydrogen-bond donors (Lipinski definition) is 4. The Balaban J connectivity index is 2.08. The fraction of sp³-hybridized carbons (Fsp3) is 0.278. The van der Waals surface area contributed by atoms with Crippen LogP contribution < -0.4 is 20.7 Å². The van der Waals surface area contributed by atoms with Gasteiger partial charge in [-0.05, 0) is 67.9 Å². The van der Waals surface area contributed by atoms with Crippen molar-refractivity contribution in [3.05, 3.63) is 54.3 Å². The van der Waals surface area contributed by atoms with Gasteiger partial charge in [0.05, 0.1) is 4.90 Å². The van der Waals surface area contributed by atoms with E-state index in [0.29, 0.717) is 30.9 Å². The predicted octanol–water partition coefficient (Wildman–Crippen LogP) is 1.90. The zero-order chi connectivity index (χ0) is 20.6. The lowest BCUT2D eigenvalue weighted by Crippen LogP contribution is -2.45. The summed E-state index contributed by atoms with van der Waals surface area (Å²) in [6, 6.07) is 9.76. The highest BCUT2D eigenvalue weighted by molar-refractivity contribution is 7.89. The number of benzene rings is 2. The second kappa shape index (κ2) is 10.1. The second-order valence-corrected chi connectivity index (χ2v) is 7.68. The van der Waals surface area contributed by atoms with E-state index >= 15 is 0 Å². The number of nitrogens with two attached hydrogens (primary N) is 1. The minimum Gasteiger partial charge on any atom is -0.457 e. The molecule has 152 valence electrons. The van der Waals surface area contributed by atoms with Gasteiger partial charge in [0.1, 0.15) is 23.4 Å². The van der Waals surface area contributed by atoms with Gasteiger partial charge < -0.3 is 10.5 Å². The molecule has 8 nitrogen and oxygen atoms in total. The van der Waals surface area contributed by atoms with Gasteiger partial charge in [0.2, 0.25) is 10.0 Å². The Hall–Kier alpha value is -2.53. The number of nitrogens with one attached hydrogen (secondary N) is 2. The quantitative estimate of drug-likeness (QED) is 0.268. The number of ether oxygens (including phenoxy) is 1. The number of sulfonamides is 1. The molecule has 0 unspecified atom stereocenters. The largest absolute Gasteiger partial charge is 0.457 e. The van der Waals surface area contributed by atoms with Gasteiger partial charge >= 0.3 is 0 Å². The Morgan fingerprint density at radius 2 is 1.64 bits per heavy atom. The van der Waals surface area contributed by atoms with Crippen LogP contribution in [0, 0.1) is 5.82 Å². The summed E-state index contributed by atoms with van der Waals surface area (Å²) in [5, 5.41) is 8.82. The van der Waals surface area contributed by atoms with Gasteiger partial charge in [-0.25, -0.2) is 18.3 Å². The third kappa shape index (κ3) is 6.27. The van der Waals surface area contributed by atoms with Crippen molar-refractivity contribution in [2.75, 3.05) is 6.54 Å². The maximum absolute atomic E-state index is 12.9. The Bertz CT molecular complexity index is 873. The molecule has 0 fully saturated rings. The summed E-state index contributed by atoms with van der Waals surface area (Å²) in [7, 11) is -4.01. The van der Waals surface area contributed by atoms with Crippen LogP contribution in [0.25, 0.3) is 0 Å². The molecule has 28 heavy (non-hydrogen) atoms. The zero-order valence-electron chi connectivity index (χ0n) is 15.0. The Morgan fingerprint density at radius 1 is 1.07 bits per heavy atom. The van der Waals surface area contributed by atoms with Crippen molar-refractivity contribution in [3.63, 3.8) is 0 Å². The molecule has 2 rings (SSSR count). The lowest BCUT2D eigenvalue weighted by molar-refractivity contribution is -0.131. The molecule has 0 aliphatic carbocycles. The lowest BCUT2D eigenvalue weighted by atomic mass is 10.1. The van der Waals surface area contributed by atoms with Gasteiger partial charge in [-0.1, -0.05) is 6.42 Å². The highest BCUT2D eigenvalue weighted by Gasteiger charge is 2.25.